The molecule has 12 heavy (non-hydrogen) atoms. The van der Waals surface area contributed by atoms with Crippen molar-refractivity contribution in [2.75, 3.05) is 11.2 Å². The Kier molecular flexibility index (Phi) is 3.55. The Morgan fingerprint density at radius 3 is 2.92 bits per heavy atom. The molecule has 5 heteroatoms. The fourth-order valence-electron chi connectivity index (χ4n) is 0.674. The van der Waals surface area contributed by atoms with E-state index in [0.717, 1.165) is 15.0 Å². The fourth-order valence-corrected chi connectivity index (χ4v) is 2.24. The smallest absolute Gasteiger partial charge is 0.239 e. The SMILES string of the molecule is Cc1csc(NC(=O)CCl)c1Br. The molecule has 1 rings (SSSR count). The van der Waals surface area contributed by atoms with E-state index in [9.17, 15) is 4.79 Å². The minimum absolute atomic E-state index is 0.0105. The van der Waals surface area contributed by atoms with Crippen LogP contribution in [0.2, 0.25) is 0 Å². The van der Waals surface area contributed by atoms with Gasteiger partial charge >= 0.3 is 0 Å². The van der Waals surface area contributed by atoms with E-state index in [0.29, 0.717) is 0 Å². The maximum absolute atomic E-state index is 10.9. The molecule has 2 nitrogen and oxygen atoms in total. The third-order valence-electron chi connectivity index (χ3n) is 1.27. The number of amides is 1. The van der Waals surface area contributed by atoms with Crippen LogP contribution in [0.15, 0.2) is 9.85 Å². The summed E-state index contributed by atoms with van der Waals surface area (Å²) in [5, 5.41) is 5.47. The highest BCUT2D eigenvalue weighted by atomic mass is 79.9. The Morgan fingerprint density at radius 1 is 1.83 bits per heavy atom. The molecule has 1 heterocycles. The number of carbonyl (C=O) groups excluding carboxylic acids is 1. The molecule has 0 fully saturated rings. The van der Waals surface area contributed by atoms with Gasteiger partial charge in [0, 0.05) is 0 Å². The zero-order valence-corrected chi connectivity index (χ0v) is 9.52. The second-order valence-electron chi connectivity index (χ2n) is 2.24. The molecule has 0 saturated heterocycles. The van der Waals surface area contributed by atoms with E-state index in [1.807, 2.05) is 12.3 Å². The summed E-state index contributed by atoms with van der Waals surface area (Å²) in [5.41, 5.74) is 1.12. The van der Waals surface area contributed by atoms with Crippen molar-refractivity contribution in [2.24, 2.45) is 0 Å². The maximum atomic E-state index is 10.9. The van der Waals surface area contributed by atoms with Crippen molar-refractivity contribution in [1.82, 2.24) is 0 Å². The van der Waals surface area contributed by atoms with Gasteiger partial charge in [0.1, 0.15) is 10.9 Å². The summed E-state index contributed by atoms with van der Waals surface area (Å²) in [7, 11) is 0. The largest absolute Gasteiger partial charge is 0.316 e. The van der Waals surface area contributed by atoms with Gasteiger partial charge in [0.25, 0.3) is 0 Å². The van der Waals surface area contributed by atoms with Gasteiger partial charge in [0.15, 0.2) is 0 Å². The van der Waals surface area contributed by atoms with Gasteiger partial charge in [-0.1, -0.05) is 0 Å². The van der Waals surface area contributed by atoms with Crippen LogP contribution in [0.5, 0.6) is 0 Å². The first kappa shape index (κ1) is 10.0. The molecule has 0 saturated carbocycles. The number of hydrogen-bond acceptors (Lipinski definition) is 2. The molecule has 0 aliphatic heterocycles. The summed E-state index contributed by atoms with van der Waals surface area (Å²) < 4.78 is 0.936. The van der Waals surface area contributed by atoms with Crippen molar-refractivity contribution < 1.29 is 4.79 Å². The fraction of sp³-hybridized carbons (Fsp3) is 0.286. The molecule has 0 atom stereocenters. The molecule has 0 bridgehead atoms. The van der Waals surface area contributed by atoms with E-state index in [2.05, 4.69) is 21.2 Å². The number of halogens is 2. The third kappa shape index (κ3) is 2.21. The van der Waals surface area contributed by atoms with E-state index >= 15 is 0 Å². The molecule has 0 radical (unpaired) electrons. The van der Waals surface area contributed by atoms with E-state index in [-0.39, 0.29) is 11.8 Å². The van der Waals surface area contributed by atoms with Crippen LogP contribution in [-0.4, -0.2) is 11.8 Å². The predicted molar refractivity (Wildman–Crippen MR) is 56.1 cm³/mol. The Hall–Kier alpha value is -0.0600. The van der Waals surface area contributed by atoms with Crippen LogP contribution in [0.3, 0.4) is 0 Å². The molecule has 1 aromatic rings. The van der Waals surface area contributed by atoms with Gasteiger partial charge in [0.05, 0.1) is 4.47 Å². The minimum atomic E-state index is -0.181. The topological polar surface area (TPSA) is 29.1 Å². The normalized spacial score (nSPS) is 9.92. The first-order chi connectivity index (χ1) is 5.65. The Labute approximate surface area is 88.0 Å². The van der Waals surface area contributed by atoms with Crippen LogP contribution < -0.4 is 5.32 Å². The maximum Gasteiger partial charge on any atom is 0.239 e. The standard InChI is InChI=1S/C7H7BrClNOS/c1-4-3-12-7(6(4)8)10-5(11)2-9/h3H,2H2,1H3,(H,10,11). The number of alkyl halides is 1. The van der Waals surface area contributed by atoms with Gasteiger partial charge in [-0.2, -0.15) is 0 Å². The summed E-state index contributed by atoms with van der Waals surface area (Å²) in [5.74, 6) is -0.192. The van der Waals surface area contributed by atoms with E-state index in [4.69, 9.17) is 11.6 Å². The van der Waals surface area contributed by atoms with E-state index in [1.54, 1.807) is 0 Å². The predicted octanol–water partition coefficient (Wildman–Crippen LogP) is 3.00. The average molecular weight is 269 g/mol. The highest BCUT2D eigenvalue weighted by Gasteiger charge is 2.07. The molecular weight excluding hydrogens is 262 g/mol. The van der Waals surface area contributed by atoms with Crippen LogP contribution in [-0.2, 0) is 4.79 Å². The second kappa shape index (κ2) is 4.25. The Morgan fingerprint density at radius 2 is 2.50 bits per heavy atom. The average Bonchev–Trinajstić information content (AvgIpc) is 2.36. The Bertz CT molecular complexity index is 300. The van der Waals surface area contributed by atoms with Gasteiger partial charge in [-0.15, -0.1) is 22.9 Å². The molecule has 0 unspecified atom stereocenters. The summed E-state index contributed by atoms with van der Waals surface area (Å²) in [6.45, 7) is 1.97. The molecule has 1 aromatic heterocycles. The second-order valence-corrected chi connectivity index (χ2v) is 4.18. The molecule has 1 N–H and O–H groups in total. The summed E-state index contributed by atoms with van der Waals surface area (Å²) >= 11 is 10.2. The highest BCUT2D eigenvalue weighted by molar-refractivity contribution is 9.10. The highest BCUT2D eigenvalue weighted by Crippen LogP contribution is 2.32. The molecule has 1 amide bonds. The quantitative estimate of drug-likeness (QED) is 0.821. The summed E-state index contributed by atoms with van der Waals surface area (Å²) in [4.78, 5) is 10.9. The first-order valence-corrected chi connectivity index (χ1v) is 5.45. The van der Waals surface area contributed by atoms with E-state index < -0.39 is 0 Å². The minimum Gasteiger partial charge on any atom is -0.316 e. The van der Waals surface area contributed by atoms with Crippen molar-refractivity contribution in [3.8, 4) is 0 Å². The molecule has 0 aliphatic carbocycles. The summed E-state index contributed by atoms with van der Waals surface area (Å²) in [6, 6.07) is 0. The number of rotatable bonds is 2. The number of thiophene rings is 1. The lowest BCUT2D eigenvalue weighted by molar-refractivity contribution is -0.113. The summed E-state index contributed by atoms with van der Waals surface area (Å²) in [6.07, 6.45) is 0. The van der Waals surface area contributed by atoms with Gasteiger partial charge in [-0.3, -0.25) is 4.79 Å². The van der Waals surface area contributed by atoms with Crippen LogP contribution in [0.1, 0.15) is 5.56 Å². The van der Waals surface area contributed by atoms with Crippen LogP contribution >= 0.6 is 38.9 Å². The van der Waals surface area contributed by atoms with Crippen LogP contribution in [0.25, 0.3) is 0 Å². The van der Waals surface area contributed by atoms with Crippen molar-refractivity contribution in [2.45, 2.75) is 6.92 Å². The lowest BCUT2D eigenvalue weighted by Gasteiger charge is -1.99. The monoisotopic (exact) mass is 267 g/mol. The van der Waals surface area contributed by atoms with Gasteiger partial charge in [0.2, 0.25) is 5.91 Å². The van der Waals surface area contributed by atoms with Crippen molar-refractivity contribution in [1.29, 1.82) is 0 Å². The van der Waals surface area contributed by atoms with Crippen molar-refractivity contribution >= 4 is 49.8 Å². The Balaban J connectivity index is 2.76. The van der Waals surface area contributed by atoms with E-state index in [1.165, 1.54) is 11.3 Å². The van der Waals surface area contributed by atoms with Crippen LogP contribution in [0, 0.1) is 6.92 Å². The number of carbonyl (C=O) groups is 1. The van der Waals surface area contributed by atoms with Crippen molar-refractivity contribution in [3.05, 3.63) is 15.4 Å². The molecular formula is C7H7BrClNOS. The number of anilines is 1. The third-order valence-corrected chi connectivity index (χ3v) is 3.81. The lowest BCUT2D eigenvalue weighted by atomic mass is 10.4. The number of hydrogen-bond donors (Lipinski definition) is 1. The first-order valence-electron chi connectivity index (χ1n) is 3.24. The molecule has 0 spiro atoms. The molecule has 0 aliphatic rings. The number of nitrogens with one attached hydrogen (secondary N) is 1. The molecule has 0 aromatic carbocycles. The zero-order chi connectivity index (χ0) is 9.14. The zero-order valence-electron chi connectivity index (χ0n) is 6.36. The van der Waals surface area contributed by atoms with Gasteiger partial charge in [-0.05, 0) is 33.8 Å². The lowest BCUT2D eigenvalue weighted by Crippen LogP contribution is -2.11. The van der Waals surface area contributed by atoms with Crippen molar-refractivity contribution in [3.63, 3.8) is 0 Å². The van der Waals surface area contributed by atoms with Gasteiger partial charge in [-0.25, -0.2) is 0 Å². The number of aryl methyl sites for hydroxylation is 1. The van der Waals surface area contributed by atoms with Gasteiger partial charge < -0.3 is 5.32 Å². The van der Waals surface area contributed by atoms with Crippen LogP contribution in [0.4, 0.5) is 5.00 Å². The molecule has 66 valence electrons.